The molecular weight excluding hydrogens is 186 g/mol. The summed E-state index contributed by atoms with van der Waals surface area (Å²) >= 11 is 0. The summed E-state index contributed by atoms with van der Waals surface area (Å²) in [6.07, 6.45) is 2.20. The van der Waals surface area contributed by atoms with E-state index >= 15 is 0 Å². The number of hydrogen-bond acceptors (Lipinski definition) is 2. The maximum atomic E-state index is 10.6. The van der Waals surface area contributed by atoms with E-state index in [1.807, 2.05) is 19.1 Å². The van der Waals surface area contributed by atoms with E-state index in [2.05, 4.69) is 13.0 Å². The van der Waals surface area contributed by atoms with Crippen LogP contribution in [0, 0.1) is 19.8 Å². The van der Waals surface area contributed by atoms with Gasteiger partial charge in [-0.3, -0.25) is 0 Å². The first-order valence-electron chi connectivity index (χ1n) is 5.58. The minimum Gasteiger partial charge on any atom is -0.384 e. The summed E-state index contributed by atoms with van der Waals surface area (Å²) in [5.74, 6) is 0.365. The first-order valence-corrected chi connectivity index (χ1v) is 5.58. The zero-order valence-corrected chi connectivity index (χ0v) is 9.46. The maximum absolute atomic E-state index is 10.6. The molecule has 0 amide bonds. The van der Waals surface area contributed by atoms with Gasteiger partial charge in [-0.05, 0) is 43.7 Å². The highest BCUT2D eigenvalue weighted by molar-refractivity contribution is 5.36. The van der Waals surface area contributed by atoms with Gasteiger partial charge in [-0.15, -0.1) is 0 Å². The largest absolute Gasteiger partial charge is 0.384 e. The summed E-state index contributed by atoms with van der Waals surface area (Å²) in [4.78, 5) is 0. The molecule has 2 heteroatoms. The van der Waals surface area contributed by atoms with Crippen molar-refractivity contribution >= 4 is 0 Å². The predicted molar refractivity (Wildman–Crippen MR) is 61.6 cm³/mol. The summed E-state index contributed by atoms with van der Waals surface area (Å²) in [7, 11) is 0. The molecule has 1 aromatic rings. The van der Waals surface area contributed by atoms with Gasteiger partial charge in [0, 0.05) is 6.54 Å². The van der Waals surface area contributed by atoms with E-state index < -0.39 is 5.60 Å². The van der Waals surface area contributed by atoms with E-state index in [4.69, 9.17) is 5.73 Å². The Morgan fingerprint density at radius 1 is 1.40 bits per heavy atom. The van der Waals surface area contributed by atoms with Crippen molar-refractivity contribution in [1.82, 2.24) is 0 Å². The fraction of sp³-hybridized carbons (Fsp3) is 0.538. The third-order valence-corrected chi connectivity index (χ3v) is 3.41. The average Bonchev–Trinajstić information content (AvgIpc) is 3.00. The fourth-order valence-electron chi connectivity index (χ4n) is 2.36. The molecule has 0 spiro atoms. The minimum absolute atomic E-state index is 0.321. The number of rotatable bonds is 3. The van der Waals surface area contributed by atoms with Crippen LogP contribution >= 0.6 is 0 Å². The fourth-order valence-corrected chi connectivity index (χ4v) is 2.36. The molecule has 0 aromatic heterocycles. The molecule has 1 aliphatic carbocycles. The van der Waals surface area contributed by atoms with Crippen molar-refractivity contribution in [3.05, 3.63) is 34.9 Å². The van der Waals surface area contributed by atoms with Crippen LogP contribution in [0.2, 0.25) is 0 Å². The van der Waals surface area contributed by atoms with Gasteiger partial charge in [0.2, 0.25) is 0 Å². The van der Waals surface area contributed by atoms with Gasteiger partial charge in [0.25, 0.3) is 0 Å². The molecule has 1 aromatic carbocycles. The normalized spacial score (nSPS) is 20.0. The Hall–Kier alpha value is -0.860. The second-order valence-electron chi connectivity index (χ2n) is 4.72. The maximum Gasteiger partial charge on any atom is 0.105 e. The quantitative estimate of drug-likeness (QED) is 0.791. The van der Waals surface area contributed by atoms with Crippen LogP contribution < -0.4 is 5.73 Å². The molecule has 0 radical (unpaired) electrons. The van der Waals surface area contributed by atoms with Crippen LogP contribution in [0.4, 0.5) is 0 Å². The molecule has 0 bridgehead atoms. The molecule has 1 saturated carbocycles. The average molecular weight is 205 g/mol. The first-order chi connectivity index (χ1) is 7.08. The molecule has 1 fully saturated rings. The Labute approximate surface area is 91.1 Å². The zero-order valence-electron chi connectivity index (χ0n) is 9.46. The lowest BCUT2D eigenvalue weighted by Crippen LogP contribution is -2.37. The molecule has 82 valence electrons. The summed E-state index contributed by atoms with van der Waals surface area (Å²) < 4.78 is 0. The summed E-state index contributed by atoms with van der Waals surface area (Å²) in [5.41, 5.74) is 8.33. The standard InChI is InChI=1S/C13H19NO/c1-9-3-6-12(10(2)7-9)13(15,8-14)11-4-5-11/h3,6-7,11,15H,4-5,8,14H2,1-2H3. The molecule has 1 atom stereocenters. The second-order valence-corrected chi connectivity index (χ2v) is 4.72. The molecule has 2 nitrogen and oxygen atoms in total. The van der Waals surface area contributed by atoms with Crippen molar-refractivity contribution in [2.24, 2.45) is 11.7 Å². The number of hydrogen-bond donors (Lipinski definition) is 2. The zero-order chi connectivity index (χ0) is 11.1. The van der Waals surface area contributed by atoms with E-state index in [1.54, 1.807) is 0 Å². The van der Waals surface area contributed by atoms with Crippen molar-refractivity contribution in [1.29, 1.82) is 0 Å². The Morgan fingerprint density at radius 3 is 2.53 bits per heavy atom. The van der Waals surface area contributed by atoms with Gasteiger partial charge in [-0.25, -0.2) is 0 Å². The molecule has 0 aliphatic heterocycles. The van der Waals surface area contributed by atoms with Crippen molar-refractivity contribution in [2.45, 2.75) is 32.3 Å². The lowest BCUT2D eigenvalue weighted by molar-refractivity contribution is 0.0216. The van der Waals surface area contributed by atoms with Gasteiger partial charge in [-0.1, -0.05) is 23.8 Å². The lowest BCUT2D eigenvalue weighted by Gasteiger charge is -2.29. The molecule has 1 unspecified atom stereocenters. The molecule has 0 saturated heterocycles. The van der Waals surface area contributed by atoms with E-state index in [-0.39, 0.29) is 0 Å². The van der Waals surface area contributed by atoms with Gasteiger partial charge in [0.1, 0.15) is 5.60 Å². The van der Waals surface area contributed by atoms with Crippen LogP contribution in [0.3, 0.4) is 0 Å². The van der Waals surface area contributed by atoms with Gasteiger partial charge < -0.3 is 10.8 Å². The molecule has 15 heavy (non-hydrogen) atoms. The van der Waals surface area contributed by atoms with Crippen LogP contribution in [0.15, 0.2) is 18.2 Å². The third-order valence-electron chi connectivity index (χ3n) is 3.41. The smallest absolute Gasteiger partial charge is 0.105 e. The van der Waals surface area contributed by atoms with Crippen molar-refractivity contribution < 1.29 is 5.11 Å². The van der Waals surface area contributed by atoms with Gasteiger partial charge in [0.15, 0.2) is 0 Å². The van der Waals surface area contributed by atoms with Crippen LogP contribution in [0.25, 0.3) is 0 Å². The van der Waals surface area contributed by atoms with Gasteiger partial charge in [-0.2, -0.15) is 0 Å². The van der Waals surface area contributed by atoms with E-state index in [0.717, 1.165) is 24.0 Å². The summed E-state index contributed by atoms with van der Waals surface area (Å²) in [6.45, 7) is 4.43. The highest BCUT2D eigenvalue weighted by atomic mass is 16.3. The highest BCUT2D eigenvalue weighted by Gasteiger charge is 2.44. The number of aliphatic hydroxyl groups is 1. The van der Waals surface area contributed by atoms with Crippen molar-refractivity contribution in [3.63, 3.8) is 0 Å². The minimum atomic E-state index is -0.794. The summed E-state index contributed by atoms with van der Waals surface area (Å²) in [5, 5.41) is 10.6. The SMILES string of the molecule is Cc1ccc(C(O)(CN)C2CC2)c(C)c1. The first kappa shape index (κ1) is 10.7. The summed E-state index contributed by atoms with van der Waals surface area (Å²) in [6, 6.07) is 6.18. The van der Waals surface area contributed by atoms with E-state index in [9.17, 15) is 5.11 Å². The van der Waals surface area contributed by atoms with Crippen LogP contribution in [-0.4, -0.2) is 11.7 Å². The second kappa shape index (κ2) is 3.62. The van der Waals surface area contributed by atoms with Crippen LogP contribution in [0.5, 0.6) is 0 Å². The van der Waals surface area contributed by atoms with Crippen molar-refractivity contribution in [2.75, 3.05) is 6.54 Å². The van der Waals surface area contributed by atoms with Crippen LogP contribution in [0.1, 0.15) is 29.5 Å². The number of nitrogens with two attached hydrogens (primary N) is 1. The van der Waals surface area contributed by atoms with E-state index in [0.29, 0.717) is 12.5 Å². The molecule has 2 rings (SSSR count). The number of aryl methyl sites for hydroxylation is 2. The Balaban J connectivity index is 2.42. The van der Waals surface area contributed by atoms with Gasteiger partial charge >= 0.3 is 0 Å². The molecule has 1 aliphatic rings. The van der Waals surface area contributed by atoms with Crippen molar-refractivity contribution in [3.8, 4) is 0 Å². The Morgan fingerprint density at radius 2 is 2.07 bits per heavy atom. The molecular formula is C13H19NO. The molecule has 0 heterocycles. The Kier molecular flexibility index (Phi) is 2.57. The highest BCUT2D eigenvalue weighted by Crippen LogP contribution is 2.45. The Bertz CT molecular complexity index is 371. The third kappa shape index (κ3) is 1.80. The number of benzene rings is 1. The topological polar surface area (TPSA) is 46.2 Å². The van der Waals surface area contributed by atoms with Crippen LogP contribution in [-0.2, 0) is 5.60 Å². The van der Waals surface area contributed by atoms with Gasteiger partial charge in [0.05, 0.1) is 0 Å². The lowest BCUT2D eigenvalue weighted by atomic mass is 9.85. The van der Waals surface area contributed by atoms with E-state index in [1.165, 1.54) is 5.56 Å². The predicted octanol–water partition coefficient (Wildman–Crippen LogP) is 1.86. The monoisotopic (exact) mass is 205 g/mol. The molecule has 3 N–H and O–H groups in total.